The molecule has 0 bridgehead atoms. The maximum Gasteiger partial charge on any atom is 0.225 e. The molecule has 1 aromatic carbocycles. The highest BCUT2D eigenvalue weighted by atomic mass is 16.5. The first-order chi connectivity index (χ1) is 10.7. The molecule has 0 atom stereocenters. The maximum absolute atomic E-state index is 5.84. The minimum atomic E-state index is -0.0935. The predicted molar refractivity (Wildman–Crippen MR) is 95.6 cm³/mol. The molecule has 5 nitrogen and oxygen atoms in total. The number of nitrogens with zero attached hydrogens (tertiary/aromatic N) is 2. The van der Waals surface area contributed by atoms with Gasteiger partial charge in [0.25, 0.3) is 0 Å². The Hall–Kier alpha value is -2.30. The molecule has 2 N–H and O–H groups in total. The summed E-state index contributed by atoms with van der Waals surface area (Å²) in [7, 11) is 0. The van der Waals surface area contributed by atoms with Crippen molar-refractivity contribution in [1.82, 2.24) is 9.97 Å². The fourth-order valence-corrected chi connectivity index (χ4v) is 2.09. The lowest BCUT2D eigenvalue weighted by Gasteiger charge is -2.21. The lowest BCUT2D eigenvalue weighted by Crippen LogP contribution is -2.27. The summed E-state index contributed by atoms with van der Waals surface area (Å²) in [6.07, 6.45) is 0.114. The topological polar surface area (TPSA) is 59.1 Å². The van der Waals surface area contributed by atoms with Crippen molar-refractivity contribution in [3.63, 3.8) is 0 Å². The largest absolute Gasteiger partial charge is 0.489 e. The van der Waals surface area contributed by atoms with Crippen molar-refractivity contribution in [2.45, 2.75) is 53.2 Å². The Morgan fingerprint density at radius 3 is 2.43 bits per heavy atom. The molecular weight excluding hydrogens is 288 g/mol. The van der Waals surface area contributed by atoms with E-state index in [0.29, 0.717) is 5.95 Å². The number of nitrogens with one attached hydrogen (secondary N) is 2. The normalized spacial score (nSPS) is 11.4. The summed E-state index contributed by atoms with van der Waals surface area (Å²) in [5.41, 5.74) is 1.70. The van der Waals surface area contributed by atoms with Crippen LogP contribution >= 0.6 is 0 Å². The van der Waals surface area contributed by atoms with Crippen LogP contribution in [0.25, 0.3) is 0 Å². The summed E-state index contributed by atoms with van der Waals surface area (Å²) in [5.74, 6) is 2.16. The second-order valence-corrected chi connectivity index (χ2v) is 6.88. The molecule has 0 unspecified atom stereocenters. The molecule has 0 aliphatic carbocycles. The summed E-state index contributed by atoms with van der Waals surface area (Å²) < 4.78 is 5.84. The van der Waals surface area contributed by atoms with Crippen LogP contribution in [0.5, 0.6) is 5.75 Å². The van der Waals surface area contributed by atoms with Gasteiger partial charge in [-0.15, -0.1) is 0 Å². The molecule has 5 heteroatoms. The van der Waals surface area contributed by atoms with Crippen LogP contribution in [0.3, 0.4) is 0 Å². The van der Waals surface area contributed by atoms with E-state index < -0.39 is 0 Å². The molecule has 2 aromatic rings. The van der Waals surface area contributed by atoms with Crippen LogP contribution in [0.2, 0.25) is 0 Å². The number of hydrogen-bond donors (Lipinski definition) is 2. The third kappa shape index (κ3) is 5.43. The van der Waals surface area contributed by atoms with Crippen molar-refractivity contribution in [1.29, 1.82) is 0 Å². The van der Waals surface area contributed by atoms with E-state index in [1.165, 1.54) is 0 Å². The molecular formula is C18H26N4O. The molecule has 124 valence electrons. The first-order valence-corrected chi connectivity index (χ1v) is 7.89. The third-order valence-electron chi connectivity index (χ3n) is 2.85. The number of para-hydroxylation sites is 2. The fourth-order valence-electron chi connectivity index (χ4n) is 2.09. The standard InChI is InChI=1S/C18H26N4O/c1-12(2)23-15-10-8-7-9-14(15)20-16-11-13(3)19-17(21-16)22-18(4,5)6/h7-12H,1-6H3,(H2,19,20,21,22). The van der Waals surface area contributed by atoms with Crippen molar-refractivity contribution < 1.29 is 4.74 Å². The van der Waals surface area contributed by atoms with Crippen LogP contribution < -0.4 is 15.4 Å². The van der Waals surface area contributed by atoms with Crippen LogP contribution in [0.15, 0.2) is 30.3 Å². The van der Waals surface area contributed by atoms with Gasteiger partial charge in [-0.05, 0) is 53.7 Å². The highest BCUT2D eigenvalue weighted by Gasteiger charge is 2.13. The SMILES string of the molecule is Cc1cc(Nc2ccccc2OC(C)C)nc(NC(C)(C)C)n1. The summed E-state index contributed by atoms with van der Waals surface area (Å²) >= 11 is 0. The number of aromatic nitrogens is 2. The highest BCUT2D eigenvalue weighted by Crippen LogP contribution is 2.28. The van der Waals surface area contributed by atoms with Gasteiger partial charge in [-0.25, -0.2) is 4.98 Å². The van der Waals surface area contributed by atoms with E-state index in [2.05, 4.69) is 41.4 Å². The van der Waals surface area contributed by atoms with E-state index in [1.54, 1.807) is 0 Å². The second kappa shape index (κ2) is 6.86. The van der Waals surface area contributed by atoms with Gasteiger partial charge in [0.2, 0.25) is 5.95 Å². The minimum Gasteiger partial charge on any atom is -0.489 e. The number of anilines is 3. The summed E-state index contributed by atoms with van der Waals surface area (Å²) in [6.45, 7) is 12.2. The van der Waals surface area contributed by atoms with E-state index in [9.17, 15) is 0 Å². The van der Waals surface area contributed by atoms with Gasteiger partial charge in [0.05, 0.1) is 11.8 Å². The van der Waals surface area contributed by atoms with Gasteiger partial charge in [0, 0.05) is 17.3 Å². The minimum absolute atomic E-state index is 0.0935. The Balaban J connectivity index is 2.27. The van der Waals surface area contributed by atoms with Gasteiger partial charge in [0.15, 0.2) is 0 Å². The third-order valence-corrected chi connectivity index (χ3v) is 2.85. The van der Waals surface area contributed by atoms with Gasteiger partial charge < -0.3 is 15.4 Å². The average Bonchev–Trinajstić information content (AvgIpc) is 2.37. The molecule has 0 aliphatic heterocycles. The van der Waals surface area contributed by atoms with Crippen LogP contribution in [0, 0.1) is 6.92 Å². The molecule has 0 amide bonds. The molecule has 0 saturated carbocycles. The van der Waals surface area contributed by atoms with Crippen molar-refractivity contribution in [2.24, 2.45) is 0 Å². The van der Waals surface area contributed by atoms with Crippen molar-refractivity contribution in [3.05, 3.63) is 36.0 Å². The van der Waals surface area contributed by atoms with Crippen LogP contribution in [0.1, 0.15) is 40.3 Å². The number of hydrogen-bond acceptors (Lipinski definition) is 5. The maximum atomic E-state index is 5.84. The molecule has 0 radical (unpaired) electrons. The molecule has 0 fully saturated rings. The van der Waals surface area contributed by atoms with Crippen molar-refractivity contribution in [2.75, 3.05) is 10.6 Å². The van der Waals surface area contributed by atoms with Crippen molar-refractivity contribution in [3.8, 4) is 5.75 Å². The lowest BCUT2D eigenvalue weighted by atomic mass is 10.1. The summed E-state index contributed by atoms with van der Waals surface area (Å²) in [6, 6.07) is 9.77. The Bertz CT molecular complexity index is 662. The van der Waals surface area contributed by atoms with E-state index >= 15 is 0 Å². The van der Waals surface area contributed by atoms with Gasteiger partial charge >= 0.3 is 0 Å². The molecule has 0 spiro atoms. The van der Waals surface area contributed by atoms with Gasteiger partial charge in [-0.3, -0.25) is 0 Å². The van der Waals surface area contributed by atoms with E-state index in [-0.39, 0.29) is 11.6 Å². The van der Waals surface area contributed by atoms with Crippen molar-refractivity contribution >= 4 is 17.5 Å². The zero-order valence-electron chi connectivity index (χ0n) is 14.8. The van der Waals surface area contributed by atoms with E-state index in [4.69, 9.17) is 4.74 Å². The predicted octanol–water partition coefficient (Wildman–Crippen LogP) is 4.53. The zero-order valence-corrected chi connectivity index (χ0v) is 14.8. The first-order valence-electron chi connectivity index (χ1n) is 7.89. The average molecular weight is 314 g/mol. The number of benzene rings is 1. The molecule has 0 saturated heterocycles. The van der Waals surface area contributed by atoms with Gasteiger partial charge in [0.1, 0.15) is 11.6 Å². The molecule has 0 aliphatic rings. The molecule has 23 heavy (non-hydrogen) atoms. The van der Waals surface area contributed by atoms with Crippen LogP contribution in [-0.2, 0) is 0 Å². The zero-order chi connectivity index (χ0) is 17.0. The molecule has 1 aromatic heterocycles. The monoisotopic (exact) mass is 314 g/mol. The quantitative estimate of drug-likeness (QED) is 0.849. The van der Waals surface area contributed by atoms with Gasteiger partial charge in [-0.2, -0.15) is 4.98 Å². The molecule has 1 heterocycles. The summed E-state index contributed by atoms with van der Waals surface area (Å²) in [4.78, 5) is 8.98. The van der Waals surface area contributed by atoms with E-state index in [0.717, 1.165) is 22.9 Å². The number of ether oxygens (including phenoxy) is 1. The van der Waals surface area contributed by atoms with Crippen LogP contribution in [0.4, 0.5) is 17.5 Å². The van der Waals surface area contributed by atoms with E-state index in [1.807, 2.05) is 51.1 Å². The number of rotatable bonds is 5. The van der Waals surface area contributed by atoms with Gasteiger partial charge in [-0.1, -0.05) is 12.1 Å². The smallest absolute Gasteiger partial charge is 0.225 e. The van der Waals surface area contributed by atoms with Crippen LogP contribution in [-0.4, -0.2) is 21.6 Å². The second-order valence-electron chi connectivity index (χ2n) is 6.88. The Morgan fingerprint density at radius 2 is 1.78 bits per heavy atom. The first kappa shape index (κ1) is 17.1. The molecule has 2 rings (SSSR count). The summed E-state index contributed by atoms with van der Waals surface area (Å²) in [5, 5.41) is 6.63. The Kier molecular flexibility index (Phi) is 5.08. The highest BCUT2D eigenvalue weighted by molar-refractivity contribution is 5.64. The Labute approximate surface area is 138 Å². The fraction of sp³-hybridized carbons (Fsp3) is 0.444. The Morgan fingerprint density at radius 1 is 1.09 bits per heavy atom. The number of aryl methyl sites for hydroxylation is 1. The lowest BCUT2D eigenvalue weighted by molar-refractivity contribution is 0.244.